The van der Waals surface area contributed by atoms with Gasteiger partial charge in [-0.25, -0.2) is 0 Å². The minimum Gasteiger partial charge on any atom is -0.356 e. The highest BCUT2D eigenvalue weighted by atomic mass is 16.1. The molecular formula is C18H30N4O. The molecule has 1 aromatic carbocycles. The van der Waals surface area contributed by atoms with Gasteiger partial charge in [-0.15, -0.1) is 0 Å². The molecule has 0 heterocycles. The summed E-state index contributed by atoms with van der Waals surface area (Å²) in [5, 5.41) is 9.48. The molecule has 0 aromatic heterocycles. The van der Waals surface area contributed by atoms with Gasteiger partial charge in [-0.3, -0.25) is 9.79 Å². The van der Waals surface area contributed by atoms with Crippen LogP contribution in [0.3, 0.4) is 0 Å². The van der Waals surface area contributed by atoms with E-state index in [9.17, 15) is 4.79 Å². The fourth-order valence-electron chi connectivity index (χ4n) is 1.88. The first-order chi connectivity index (χ1) is 10.9. The Hall–Kier alpha value is -2.04. The summed E-state index contributed by atoms with van der Waals surface area (Å²) in [4.78, 5) is 15.9. The molecule has 3 N–H and O–H groups in total. The van der Waals surface area contributed by atoms with E-state index in [0.717, 1.165) is 30.2 Å². The summed E-state index contributed by atoms with van der Waals surface area (Å²) in [6.07, 6.45) is 1.12. The lowest BCUT2D eigenvalue weighted by atomic mass is 10.1. The minimum absolute atomic E-state index is 0.0171. The molecule has 1 aromatic rings. The number of nitrogens with zero attached hydrogens (tertiary/aromatic N) is 1. The van der Waals surface area contributed by atoms with Crippen molar-refractivity contribution in [2.75, 3.05) is 18.9 Å². The van der Waals surface area contributed by atoms with Crippen LogP contribution >= 0.6 is 0 Å². The topological polar surface area (TPSA) is 65.5 Å². The van der Waals surface area contributed by atoms with Crippen molar-refractivity contribution in [3.63, 3.8) is 0 Å². The molecule has 0 unspecified atom stereocenters. The van der Waals surface area contributed by atoms with Crippen molar-refractivity contribution in [2.45, 2.75) is 40.7 Å². The van der Waals surface area contributed by atoms with Crippen LogP contribution in [0.15, 0.2) is 29.3 Å². The SMILES string of the molecule is CN=C(NCCC(C)C)NCc1ccc(NC(=O)C(C)C)cc1. The summed E-state index contributed by atoms with van der Waals surface area (Å²) in [5.74, 6) is 1.50. The Bertz CT molecular complexity index is 506. The van der Waals surface area contributed by atoms with Crippen molar-refractivity contribution < 1.29 is 4.79 Å². The van der Waals surface area contributed by atoms with Gasteiger partial charge >= 0.3 is 0 Å². The van der Waals surface area contributed by atoms with Crippen LogP contribution in [0.1, 0.15) is 39.7 Å². The van der Waals surface area contributed by atoms with E-state index >= 15 is 0 Å². The lowest BCUT2D eigenvalue weighted by molar-refractivity contribution is -0.118. The van der Waals surface area contributed by atoms with Crippen molar-refractivity contribution in [2.24, 2.45) is 16.8 Å². The van der Waals surface area contributed by atoms with E-state index in [0.29, 0.717) is 12.5 Å². The van der Waals surface area contributed by atoms with E-state index in [1.54, 1.807) is 7.05 Å². The van der Waals surface area contributed by atoms with E-state index in [2.05, 4.69) is 34.8 Å². The van der Waals surface area contributed by atoms with Gasteiger partial charge in [0, 0.05) is 31.7 Å². The van der Waals surface area contributed by atoms with Crippen LogP contribution in [0.5, 0.6) is 0 Å². The van der Waals surface area contributed by atoms with Crippen molar-refractivity contribution in [1.29, 1.82) is 0 Å². The molecule has 0 aliphatic rings. The molecule has 0 fully saturated rings. The molecule has 0 saturated carbocycles. The molecule has 5 nitrogen and oxygen atoms in total. The highest BCUT2D eigenvalue weighted by Crippen LogP contribution is 2.10. The van der Waals surface area contributed by atoms with Gasteiger partial charge in [0.05, 0.1) is 0 Å². The molecule has 0 spiro atoms. The van der Waals surface area contributed by atoms with Crippen LogP contribution in [0.4, 0.5) is 5.69 Å². The summed E-state index contributed by atoms with van der Waals surface area (Å²) in [6.45, 7) is 9.78. The van der Waals surface area contributed by atoms with Gasteiger partial charge in [0.15, 0.2) is 5.96 Å². The lowest BCUT2D eigenvalue weighted by Crippen LogP contribution is -2.37. The van der Waals surface area contributed by atoms with Gasteiger partial charge in [-0.2, -0.15) is 0 Å². The molecule has 128 valence electrons. The van der Waals surface area contributed by atoms with Crippen LogP contribution < -0.4 is 16.0 Å². The van der Waals surface area contributed by atoms with E-state index in [1.165, 1.54) is 0 Å². The summed E-state index contributed by atoms with van der Waals surface area (Å²) < 4.78 is 0. The van der Waals surface area contributed by atoms with E-state index in [1.807, 2.05) is 38.1 Å². The second-order valence-corrected chi connectivity index (χ2v) is 6.38. The van der Waals surface area contributed by atoms with Gasteiger partial charge < -0.3 is 16.0 Å². The fraction of sp³-hybridized carbons (Fsp3) is 0.556. The van der Waals surface area contributed by atoms with Crippen molar-refractivity contribution in [3.8, 4) is 0 Å². The van der Waals surface area contributed by atoms with E-state index < -0.39 is 0 Å². The van der Waals surface area contributed by atoms with Crippen molar-refractivity contribution in [3.05, 3.63) is 29.8 Å². The summed E-state index contributed by atoms with van der Waals surface area (Å²) in [7, 11) is 1.77. The number of rotatable bonds is 7. The standard InChI is InChI=1S/C18H30N4O/c1-13(2)10-11-20-18(19-5)21-12-15-6-8-16(9-7-15)22-17(23)14(3)4/h6-9,13-14H,10-12H2,1-5H3,(H,22,23)(H2,19,20,21). The predicted octanol–water partition coefficient (Wildman–Crippen LogP) is 2.99. The number of anilines is 1. The number of benzene rings is 1. The maximum Gasteiger partial charge on any atom is 0.226 e. The number of carbonyl (C=O) groups is 1. The predicted molar refractivity (Wildman–Crippen MR) is 97.6 cm³/mol. The third-order valence-corrected chi connectivity index (χ3v) is 3.44. The van der Waals surface area contributed by atoms with Crippen LogP contribution in [0.25, 0.3) is 0 Å². The van der Waals surface area contributed by atoms with Crippen molar-refractivity contribution in [1.82, 2.24) is 10.6 Å². The summed E-state index contributed by atoms with van der Waals surface area (Å²) >= 11 is 0. The molecule has 5 heteroatoms. The van der Waals surface area contributed by atoms with Crippen LogP contribution in [0, 0.1) is 11.8 Å². The van der Waals surface area contributed by atoms with Crippen LogP contribution in [0.2, 0.25) is 0 Å². The molecule has 23 heavy (non-hydrogen) atoms. The Morgan fingerprint density at radius 2 is 1.74 bits per heavy atom. The smallest absolute Gasteiger partial charge is 0.226 e. The largest absolute Gasteiger partial charge is 0.356 e. The number of carbonyl (C=O) groups excluding carboxylic acids is 1. The van der Waals surface area contributed by atoms with Gasteiger partial charge in [-0.05, 0) is 30.0 Å². The first kappa shape index (κ1) is 19.0. The maximum absolute atomic E-state index is 11.7. The average molecular weight is 318 g/mol. The maximum atomic E-state index is 11.7. The Balaban J connectivity index is 2.43. The highest BCUT2D eigenvalue weighted by molar-refractivity contribution is 5.92. The number of hydrogen-bond donors (Lipinski definition) is 3. The number of guanidine groups is 1. The minimum atomic E-state index is -0.0171. The third kappa shape index (κ3) is 7.68. The fourth-order valence-corrected chi connectivity index (χ4v) is 1.88. The molecule has 1 amide bonds. The zero-order chi connectivity index (χ0) is 17.2. The van der Waals surface area contributed by atoms with Gasteiger partial charge in [0.1, 0.15) is 0 Å². The monoisotopic (exact) mass is 318 g/mol. The summed E-state index contributed by atoms with van der Waals surface area (Å²) in [6, 6.07) is 7.85. The number of hydrogen-bond acceptors (Lipinski definition) is 2. The Labute approximate surface area is 140 Å². The zero-order valence-electron chi connectivity index (χ0n) is 14.9. The molecule has 0 radical (unpaired) electrons. The van der Waals surface area contributed by atoms with E-state index in [-0.39, 0.29) is 11.8 Å². The number of aliphatic imine (C=N–C) groups is 1. The second kappa shape index (κ2) is 9.87. The second-order valence-electron chi connectivity index (χ2n) is 6.38. The zero-order valence-corrected chi connectivity index (χ0v) is 14.9. The quantitative estimate of drug-likeness (QED) is 0.535. The molecule has 0 atom stereocenters. The molecule has 0 bridgehead atoms. The van der Waals surface area contributed by atoms with Gasteiger partial charge in [-0.1, -0.05) is 39.8 Å². The Morgan fingerprint density at radius 1 is 1.09 bits per heavy atom. The molecule has 0 aliphatic heterocycles. The van der Waals surface area contributed by atoms with Gasteiger partial charge in [0.25, 0.3) is 0 Å². The first-order valence-electron chi connectivity index (χ1n) is 8.26. The average Bonchev–Trinajstić information content (AvgIpc) is 2.51. The highest BCUT2D eigenvalue weighted by Gasteiger charge is 2.06. The molecule has 0 saturated heterocycles. The van der Waals surface area contributed by atoms with Crippen LogP contribution in [-0.2, 0) is 11.3 Å². The van der Waals surface area contributed by atoms with Gasteiger partial charge in [0.2, 0.25) is 5.91 Å². The number of nitrogens with one attached hydrogen (secondary N) is 3. The first-order valence-corrected chi connectivity index (χ1v) is 8.26. The normalized spacial score (nSPS) is 11.7. The summed E-state index contributed by atoms with van der Waals surface area (Å²) in [5.41, 5.74) is 1.96. The molecule has 1 rings (SSSR count). The molecular weight excluding hydrogens is 288 g/mol. The van der Waals surface area contributed by atoms with Crippen LogP contribution in [-0.4, -0.2) is 25.5 Å². The lowest BCUT2D eigenvalue weighted by Gasteiger charge is -2.13. The molecule has 0 aliphatic carbocycles. The Kier molecular flexibility index (Phi) is 8.16. The van der Waals surface area contributed by atoms with E-state index in [4.69, 9.17) is 0 Å². The number of amides is 1. The third-order valence-electron chi connectivity index (χ3n) is 3.44. The Morgan fingerprint density at radius 3 is 2.26 bits per heavy atom. The van der Waals surface area contributed by atoms with Crippen molar-refractivity contribution >= 4 is 17.6 Å².